The van der Waals surface area contributed by atoms with Crippen molar-refractivity contribution in [1.82, 2.24) is 10.2 Å². The van der Waals surface area contributed by atoms with Crippen molar-refractivity contribution in [2.24, 2.45) is 0 Å². The maximum absolute atomic E-state index is 3.90. The van der Waals surface area contributed by atoms with Gasteiger partial charge in [0, 0.05) is 35.3 Å². The molecule has 3 atom stereocenters. The highest BCUT2D eigenvalue weighted by atomic mass is 32.2. The zero-order valence-corrected chi connectivity index (χ0v) is 12.9. The predicted octanol–water partition coefficient (Wildman–Crippen LogP) is 2.92. The zero-order valence-electron chi connectivity index (χ0n) is 12.1. The molecule has 0 saturated carbocycles. The van der Waals surface area contributed by atoms with Crippen LogP contribution in [0, 0.1) is 0 Å². The number of rotatable bonds is 3. The molecule has 0 amide bonds. The first kappa shape index (κ1) is 13.2. The molecule has 4 rings (SSSR count). The van der Waals surface area contributed by atoms with Gasteiger partial charge in [0.25, 0.3) is 0 Å². The molecule has 2 nitrogen and oxygen atoms in total. The number of benzene rings is 1. The van der Waals surface area contributed by atoms with E-state index in [1.54, 1.807) is 5.56 Å². The molecule has 108 valence electrons. The van der Waals surface area contributed by atoms with E-state index >= 15 is 0 Å². The van der Waals surface area contributed by atoms with Crippen LogP contribution in [0.2, 0.25) is 0 Å². The second-order valence-electron chi connectivity index (χ2n) is 6.45. The molecule has 0 spiro atoms. The van der Waals surface area contributed by atoms with Gasteiger partial charge in [0.05, 0.1) is 0 Å². The fourth-order valence-corrected chi connectivity index (χ4v) is 5.40. The van der Waals surface area contributed by atoms with E-state index in [1.807, 2.05) is 0 Å². The third kappa shape index (κ3) is 2.51. The Kier molecular flexibility index (Phi) is 3.76. The van der Waals surface area contributed by atoms with Gasteiger partial charge >= 0.3 is 0 Å². The van der Waals surface area contributed by atoms with Crippen molar-refractivity contribution in [2.45, 2.75) is 54.3 Å². The number of hydrogen-bond acceptors (Lipinski definition) is 3. The van der Waals surface area contributed by atoms with E-state index < -0.39 is 0 Å². The standard InChI is InChI=1S/C17H24N2S/c1-2-7-17-13(5-1)11-14(20-17)12-18-15-8-10-19-9-4-3-6-16(15)19/h1-2,5,7,14-16,18H,3-4,6,8-12H2. The quantitative estimate of drug-likeness (QED) is 0.920. The molecule has 2 fully saturated rings. The average Bonchev–Trinajstić information content (AvgIpc) is 3.08. The first-order valence-electron chi connectivity index (χ1n) is 8.12. The van der Waals surface area contributed by atoms with Gasteiger partial charge in [-0.15, -0.1) is 11.8 Å². The van der Waals surface area contributed by atoms with Crippen LogP contribution in [-0.2, 0) is 6.42 Å². The van der Waals surface area contributed by atoms with E-state index in [-0.39, 0.29) is 0 Å². The maximum Gasteiger partial charge on any atom is 0.0260 e. The van der Waals surface area contributed by atoms with E-state index in [2.05, 4.69) is 46.2 Å². The van der Waals surface area contributed by atoms with Crippen LogP contribution in [0.1, 0.15) is 31.2 Å². The van der Waals surface area contributed by atoms with Crippen LogP contribution < -0.4 is 5.32 Å². The van der Waals surface area contributed by atoms with Crippen LogP contribution in [-0.4, -0.2) is 41.9 Å². The van der Waals surface area contributed by atoms with Crippen molar-refractivity contribution in [3.8, 4) is 0 Å². The second kappa shape index (κ2) is 5.70. The van der Waals surface area contributed by atoms with Crippen LogP contribution in [0.25, 0.3) is 0 Å². The molecule has 1 N–H and O–H groups in total. The molecule has 20 heavy (non-hydrogen) atoms. The van der Waals surface area contributed by atoms with Gasteiger partial charge < -0.3 is 5.32 Å². The Morgan fingerprint density at radius 1 is 1.15 bits per heavy atom. The molecule has 2 saturated heterocycles. The average molecular weight is 288 g/mol. The second-order valence-corrected chi connectivity index (χ2v) is 7.80. The summed E-state index contributed by atoms with van der Waals surface area (Å²) in [6, 6.07) is 10.5. The maximum atomic E-state index is 3.90. The summed E-state index contributed by atoms with van der Waals surface area (Å²) in [5.41, 5.74) is 1.55. The van der Waals surface area contributed by atoms with Crippen molar-refractivity contribution in [3.05, 3.63) is 29.8 Å². The molecule has 1 aromatic carbocycles. The van der Waals surface area contributed by atoms with E-state index in [0.29, 0.717) is 0 Å². The van der Waals surface area contributed by atoms with E-state index in [1.165, 1.54) is 56.6 Å². The molecular formula is C17H24N2S. The number of thioether (sulfide) groups is 1. The fourth-order valence-electron chi connectivity index (χ4n) is 4.14. The summed E-state index contributed by atoms with van der Waals surface area (Å²) in [5.74, 6) is 0. The monoisotopic (exact) mass is 288 g/mol. The van der Waals surface area contributed by atoms with Gasteiger partial charge in [-0.1, -0.05) is 24.6 Å². The zero-order chi connectivity index (χ0) is 13.4. The lowest BCUT2D eigenvalue weighted by atomic mass is 9.99. The number of nitrogens with zero attached hydrogens (tertiary/aromatic N) is 1. The molecule has 3 unspecified atom stereocenters. The normalized spacial score (nSPS) is 33.1. The minimum Gasteiger partial charge on any atom is -0.311 e. The molecule has 3 aliphatic heterocycles. The van der Waals surface area contributed by atoms with E-state index in [9.17, 15) is 0 Å². The first-order valence-corrected chi connectivity index (χ1v) is 9.00. The minimum atomic E-state index is 0.741. The largest absolute Gasteiger partial charge is 0.311 e. The van der Waals surface area contributed by atoms with Gasteiger partial charge in [-0.3, -0.25) is 4.90 Å². The van der Waals surface area contributed by atoms with Gasteiger partial charge in [-0.2, -0.15) is 0 Å². The topological polar surface area (TPSA) is 15.3 Å². The van der Waals surface area contributed by atoms with Gasteiger partial charge in [-0.25, -0.2) is 0 Å². The third-order valence-corrected chi connectivity index (χ3v) is 6.50. The van der Waals surface area contributed by atoms with Crippen molar-refractivity contribution in [2.75, 3.05) is 19.6 Å². The van der Waals surface area contributed by atoms with Crippen LogP contribution >= 0.6 is 11.8 Å². The highest BCUT2D eigenvalue weighted by Gasteiger charge is 2.35. The minimum absolute atomic E-state index is 0.741. The Bertz CT molecular complexity index is 451. The third-order valence-electron chi connectivity index (χ3n) is 5.18. The summed E-state index contributed by atoms with van der Waals surface area (Å²) in [4.78, 5) is 4.22. The molecule has 3 heteroatoms. The summed E-state index contributed by atoms with van der Waals surface area (Å²) in [6.07, 6.45) is 6.86. The Morgan fingerprint density at radius 2 is 2.10 bits per heavy atom. The summed E-state index contributed by atoms with van der Waals surface area (Å²) in [7, 11) is 0. The first-order chi connectivity index (χ1) is 9.90. The fraction of sp³-hybridized carbons (Fsp3) is 0.647. The van der Waals surface area contributed by atoms with Crippen molar-refractivity contribution in [3.63, 3.8) is 0 Å². The molecule has 0 aliphatic carbocycles. The van der Waals surface area contributed by atoms with Crippen molar-refractivity contribution in [1.29, 1.82) is 0 Å². The molecular weight excluding hydrogens is 264 g/mol. The van der Waals surface area contributed by atoms with Crippen LogP contribution in [0.4, 0.5) is 0 Å². The Labute approximate surface area is 126 Å². The van der Waals surface area contributed by atoms with Gasteiger partial charge in [0.15, 0.2) is 0 Å². The lowest BCUT2D eigenvalue weighted by Gasteiger charge is -2.33. The summed E-state index contributed by atoms with van der Waals surface area (Å²) in [5, 5.41) is 4.64. The lowest BCUT2D eigenvalue weighted by Crippen LogP contribution is -2.46. The summed E-state index contributed by atoms with van der Waals surface area (Å²) >= 11 is 2.07. The van der Waals surface area contributed by atoms with Crippen molar-refractivity contribution < 1.29 is 0 Å². The van der Waals surface area contributed by atoms with E-state index in [0.717, 1.165) is 17.3 Å². The molecule has 1 aromatic rings. The molecule has 3 heterocycles. The highest BCUT2D eigenvalue weighted by Crippen LogP contribution is 2.36. The highest BCUT2D eigenvalue weighted by molar-refractivity contribution is 8.00. The molecule has 0 bridgehead atoms. The van der Waals surface area contributed by atoms with Gasteiger partial charge in [0.1, 0.15) is 0 Å². The number of nitrogens with one attached hydrogen (secondary N) is 1. The molecule has 3 aliphatic rings. The summed E-state index contributed by atoms with van der Waals surface area (Å²) in [6.45, 7) is 3.83. The number of hydrogen-bond donors (Lipinski definition) is 1. The smallest absolute Gasteiger partial charge is 0.0260 e. The lowest BCUT2D eigenvalue weighted by molar-refractivity contribution is 0.181. The SMILES string of the molecule is c1ccc2c(c1)CC(CNC1CCN3CCCCC13)S2. The van der Waals surface area contributed by atoms with Crippen LogP contribution in [0.15, 0.2) is 29.2 Å². The van der Waals surface area contributed by atoms with Crippen LogP contribution in [0.3, 0.4) is 0 Å². The molecule has 0 radical (unpaired) electrons. The molecule has 0 aromatic heterocycles. The number of piperidine rings is 1. The van der Waals surface area contributed by atoms with Crippen LogP contribution in [0.5, 0.6) is 0 Å². The van der Waals surface area contributed by atoms with Crippen molar-refractivity contribution >= 4 is 11.8 Å². The predicted molar refractivity (Wildman–Crippen MR) is 85.4 cm³/mol. The van der Waals surface area contributed by atoms with Gasteiger partial charge in [-0.05, 0) is 43.9 Å². The number of fused-ring (bicyclic) bond motifs is 2. The Hall–Kier alpha value is -0.510. The van der Waals surface area contributed by atoms with Gasteiger partial charge in [0.2, 0.25) is 0 Å². The summed E-state index contributed by atoms with van der Waals surface area (Å²) < 4.78 is 0. The Morgan fingerprint density at radius 3 is 3.05 bits per heavy atom. The Balaban J connectivity index is 1.31. The van der Waals surface area contributed by atoms with E-state index in [4.69, 9.17) is 0 Å².